The van der Waals surface area contributed by atoms with Gasteiger partial charge in [0.1, 0.15) is 5.54 Å². The second-order valence-electron chi connectivity index (χ2n) is 5.60. The van der Waals surface area contributed by atoms with Crippen molar-refractivity contribution < 1.29 is 14.3 Å². The zero-order valence-corrected chi connectivity index (χ0v) is 13.6. The van der Waals surface area contributed by atoms with E-state index in [4.69, 9.17) is 4.74 Å². The van der Waals surface area contributed by atoms with Gasteiger partial charge in [-0.3, -0.25) is 9.78 Å². The molecule has 7 heteroatoms. The first-order valence-corrected chi connectivity index (χ1v) is 7.89. The highest BCUT2D eigenvalue weighted by atomic mass is 16.5. The van der Waals surface area contributed by atoms with Gasteiger partial charge < -0.3 is 20.7 Å². The summed E-state index contributed by atoms with van der Waals surface area (Å²) in [6.07, 6.45) is 2.12. The standard InChI is InChI=1S/C16H24N4O3/c1-3-23-9-8-18-15(22)20-16(6-7-17-11-16)14(21)13-5-4-12(2)19-10-13/h4-5,10,17H,3,6-9,11H2,1-2H3,(H2,18,20,22)/t16-/m1/s1. The average molecular weight is 320 g/mol. The molecule has 1 aromatic heterocycles. The summed E-state index contributed by atoms with van der Waals surface area (Å²) in [5.74, 6) is -0.116. The van der Waals surface area contributed by atoms with Crippen LogP contribution in [0.15, 0.2) is 18.3 Å². The molecule has 1 atom stereocenters. The van der Waals surface area contributed by atoms with Crippen LogP contribution in [-0.4, -0.2) is 55.2 Å². The van der Waals surface area contributed by atoms with Crippen molar-refractivity contribution in [3.8, 4) is 0 Å². The molecule has 2 heterocycles. The Morgan fingerprint density at radius 1 is 1.43 bits per heavy atom. The number of ketones is 1. The zero-order valence-electron chi connectivity index (χ0n) is 13.6. The third kappa shape index (κ3) is 4.49. The molecule has 0 bridgehead atoms. The number of nitrogens with one attached hydrogen (secondary N) is 3. The van der Waals surface area contributed by atoms with E-state index in [1.54, 1.807) is 18.3 Å². The number of hydrogen-bond donors (Lipinski definition) is 3. The highest BCUT2D eigenvalue weighted by molar-refractivity contribution is 6.05. The van der Waals surface area contributed by atoms with Crippen LogP contribution in [0, 0.1) is 6.92 Å². The molecule has 0 aromatic carbocycles. The summed E-state index contributed by atoms with van der Waals surface area (Å²) in [6, 6.07) is 3.19. The zero-order chi connectivity index (χ0) is 16.7. The Labute approximate surface area is 136 Å². The highest BCUT2D eigenvalue weighted by Crippen LogP contribution is 2.20. The van der Waals surface area contributed by atoms with Gasteiger partial charge in [-0.15, -0.1) is 0 Å². The quantitative estimate of drug-likeness (QED) is 0.506. The van der Waals surface area contributed by atoms with Crippen molar-refractivity contribution >= 4 is 11.8 Å². The van der Waals surface area contributed by atoms with Crippen LogP contribution in [0.3, 0.4) is 0 Å². The summed E-state index contributed by atoms with van der Waals surface area (Å²) < 4.78 is 5.18. The Balaban J connectivity index is 2.02. The third-order valence-corrected chi connectivity index (χ3v) is 3.85. The first kappa shape index (κ1) is 17.4. The van der Waals surface area contributed by atoms with E-state index >= 15 is 0 Å². The van der Waals surface area contributed by atoms with Gasteiger partial charge in [-0.1, -0.05) is 0 Å². The summed E-state index contributed by atoms with van der Waals surface area (Å²) in [4.78, 5) is 29.1. The normalized spacial score (nSPS) is 20.3. The lowest BCUT2D eigenvalue weighted by Gasteiger charge is -2.28. The lowest BCUT2D eigenvalue weighted by atomic mass is 9.89. The van der Waals surface area contributed by atoms with Crippen molar-refractivity contribution in [2.24, 2.45) is 0 Å². The minimum atomic E-state index is -0.924. The number of Topliss-reactive ketones (excluding diaryl/α,β-unsaturated/α-hetero) is 1. The van der Waals surface area contributed by atoms with Gasteiger partial charge in [-0.25, -0.2) is 4.79 Å². The molecule has 2 amide bonds. The first-order chi connectivity index (χ1) is 11.1. The molecule has 1 aliphatic rings. The smallest absolute Gasteiger partial charge is 0.315 e. The SMILES string of the molecule is CCOCCNC(=O)N[C@]1(C(=O)c2ccc(C)nc2)CCNC1. The number of nitrogens with zero attached hydrogens (tertiary/aromatic N) is 1. The molecule has 126 valence electrons. The van der Waals surface area contributed by atoms with E-state index in [1.165, 1.54) is 0 Å². The Hall–Kier alpha value is -1.99. The second kappa shape index (κ2) is 8.03. The predicted octanol–water partition coefficient (Wildman–Crippen LogP) is 0.641. The van der Waals surface area contributed by atoms with Crippen molar-refractivity contribution in [1.82, 2.24) is 20.9 Å². The van der Waals surface area contributed by atoms with E-state index in [0.717, 1.165) is 5.69 Å². The Morgan fingerprint density at radius 3 is 2.87 bits per heavy atom. The molecule has 0 spiro atoms. The summed E-state index contributed by atoms with van der Waals surface area (Å²) >= 11 is 0. The molecule has 1 aliphatic heterocycles. The van der Waals surface area contributed by atoms with Crippen molar-refractivity contribution in [3.05, 3.63) is 29.6 Å². The number of amides is 2. The maximum atomic E-state index is 12.8. The number of rotatable bonds is 7. The number of ether oxygens (including phenoxy) is 1. The van der Waals surface area contributed by atoms with Crippen LogP contribution < -0.4 is 16.0 Å². The first-order valence-electron chi connectivity index (χ1n) is 7.89. The van der Waals surface area contributed by atoms with E-state index in [-0.39, 0.29) is 11.8 Å². The van der Waals surface area contributed by atoms with Crippen molar-refractivity contribution in [2.75, 3.05) is 32.8 Å². The van der Waals surface area contributed by atoms with Crippen LogP contribution in [-0.2, 0) is 4.74 Å². The van der Waals surface area contributed by atoms with Crippen LogP contribution in [0.25, 0.3) is 0 Å². The number of carbonyl (C=O) groups excluding carboxylic acids is 2. The number of aromatic nitrogens is 1. The molecule has 23 heavy (non-hydrogen) atoms. The van der Waals surface area contributed by atoms with Crippen LogP contribution in [0.4, 0.5) is 4.79 Å². The van der Waals surface area contributed by atoms with Crippen LogP contribution in [0.2, 0.25) is 0 Å². The van der Waals surface area contributed by atoms with E-state index in [2.05, 4.69) is 20.9 Å². The van der Waals surface area contributed by atoms with Gasteiger partial charge in [-0.2, -0.15) is 0 Å². The molecular formula is C16H24N4O3. The molecule has 0 saturated carbocycles. The molecule has 0 unspecified atom stereocenters. The van der Waals surface area contributed by atoms with Gasteiger partial charge >= 0.3 is 6.03 Å². The van der Waals surface area contributed by atoms with Gasteiger partial charge in [0.25, 0.3) is 0 Å². The largest absolute Gasteiger partial charge is 0.380 e. The third-order valence-electron chi connectivity index (χ3n) is 3.85. The van der Waals surface area contributed by atoms with Gasteiger partial charge in [0.05, 0.1) is 6.61 Å². The predicted molar refractivity (Wildman–Crippen MR) is 86.5 cm³/mol. The van der Waals surface area contributed by atoms with Crippen LogP contribution in [0.5, 0.6) is 0 Å². The lowest BCUT2D eigenvalue weighted by Crippen LogP contribution is -2.58. The molecular weight excluding hydrogens is 296 g/mol. The molecule has 0 radical (unpaired) electrons. The van der Waals surface area contributed by atoms with Crippen LogP contribution in [0.1, 0.15) is 29.4 Å². The van der Waals surface area contributed by atoms with Crippen LogP contribution >= 0.6 is 0 Å². The molecule has 3 N–H and O–H groups in total. The number of carbonyl (C=O) groups is 2. The molecule has 2 rings (SSSR count). The second-order valence-corrected chi connectivity index (χ2v) is 5.60. The summed E-state index contributed by atoms with van der Waals surface area (Å²) in [5.41, 5.74) is 0.433. The van der Waals surface area contributed by atoms with Gasteiger partial charge in [0.15, 0.2) is 5.78 Å². The number of aryl methyl sites for hydroxylation is 1. The summed E-state index contributed by atoms with van der Waals surface area (Å²) in [7, 11) is 0. The molecule has 1 saturated heterocycles. The average Bonchev–Trinajstić information content (AvgIpc) is 3.01. The fourth-order valence-corrected chi connectivity index (χ4v) is 2.57. The number of hydrogen-bond acceptors (Lipinski definition) is 5. The highest BCUT2D eigenvalue weighted by Gasteiger charge is 2.43. The minimum absolute atomic E-state index is 0.116. The van der Waals surface area contributed by atoms with Crippen molar-refractivity contribution in [2.45, 2.75) is 25.8 Å². The van der Waals surface area contributed by atoms with E-state index in [9.17, 15) is 9.59 Å². The number of pyridine rings is 1. The monoisotopic (exact) mass is 320 g/mol. The molecule has 1 aromatic rings. The minimum Gasteiger partial charge on any atom is -0.380 e. The Bertz CT molecular complexity index is 539. The molecule has 7 nitrogen and oxygen atoms in total. The molecule has 1 fully saturated rings. The van der Waals surface area contributed by atoms with Crippen molar-refractivity contribution in [1.29, 1.82) is 0 Å². The maximum Gasteiger partial charge on any atom is 0.315 e. The van der Waals surface area contributed by atoms with Gasteiger partial charge in [0, 0.05) is 37.2 Å². The van der Waals surface area contributed by atoms with E-state index in [1.807, 2.05) is 13.8 Å². The van der Waals surface area contributed by atoms with E-state index < -0.39 is 5.54 Å². The Morgan fingerprint density at radius 2 is 2.26 bits per heavy atom. The fraction of sp³-hybridized carbons (Fsp3) is 0.562. The fourth-order valence-electron chi connectivity index (χ4n) is 2.57. The maximum absolute atomic E-state index is 12.8. The van der Waals surface area contributed by atoms with Gasteiger partial charge in [0.2, 0.25) is 0 Å². The topological polar surface area (TPSA) is 92.4 Å². The Kier molecular flexibility index (Phi) is 6.06. The molecule has 0 aliphatic carbocycles. The van der Waals surface area contributed by atoms with Crippen molar-refractivity contribution in [3.63, 3.8) is 0 Å². The lowest BCUT2D eigenvalue weighted by molar-refractivity contribution is 0.0872. The van der Waals surface area contributed by atoms with Gasteiger partial charge in [-0.05, 0) is 38.9 Å². The summed E-state index contributed by atoms with van der Waals surface area (Å²) in [6.45, 7) is 6.33. The summed E-state index contributed by atoms with van der Waals surface area (Å²) in [5, 5.41) is 8.70. The van der Waals surface area contributed by atoms with E-state index in [0.29, 0.717) is 44.8 Å². The number of urea groups is 1.